The largest absolute Gasteiger partial charge is 0.377 e. The number of ether oxygens (including phenoxy) is 2. The lowest BCUT2D eigenvalue weighted by Gasteiger charge is -2.42. The maximum Gasteiger partial charge on any atom is 0.0787 e. The van der Waals surface area contributed by atoms with E-state index >= 15 is 0 Å². The second-order valence-electron chi connectivity index (χ2n) is 5.86. The molecule has 3 atom stereocenters. The van der Waals surface area contributed by atoms with Gasteiger partial charge in [-0.2, -0.15) is 0 Å². The highest BCUT2D eigenvalue weighted by Gasteiger charge is 2.33. The first-order chi connectivity index (χ1) is 8.40. The van der Waals surface area contributed by atoms with E-state index in [-0.39, 0.29) is 5.60 Å². The molecule has 18 heavy (non-hydrogen) atoms. The quantitative estimate of drug-likeness (QED) is 0.783. The molecule has 4 nitrogen and oxygen atoms in total. The normalized spacial score (nSPS) is 28.3. The summed E-state index contributed by atoms with van der Waals surface area (Å²) in [7, 11) is 1.79. The molecule has 0 aromatic rings. The second-order valence-corrected chi connectivity index (χ2v) is 5.86. The second kappa shape index (κ2) is 6.85. The maximum absolute atomic E-state index is 5.68. The summed E-state index contributed by atoms with van der Waals surface area (Å²) in [5.41, 5.74) is -0.155. The molecule has 0 aromatic carbocycles. The van der Waals surface area contributed by atoms with Crippen molar-refractivity contribution in [3.63, 3.8) is 0 Å². The minimum atomic E-state index is -0.155. The fourth-order valence-corrected chi connectivity index (χ4v) is 2.38. The van der Waals surface area contributed by atoms with Crippen LogP contribution in [0.2, 0.25) is 0 Å². The van der Waals surface area contributed by atoms with Crippen molar-refractivity contribution in [2.24, 2.45) is 0 Å². The molecule has 108 valence electrons. The lowest BCUT2D eigenvalue weighted by atomic mass is 9.97. The van der Waals surface area contributed by atoms with Crippen molar-refractivity contribution in [3.05, 3.63) is 0 Å². The molecule has 0 radical (unpaired) electrons. The minimum absolute atomic E-state index is 0.155. The lowest BCUT2D eigenvalue weighted by molar-refractivity contribution is -0.0714. The fraction of sp³-hybridized carbons (Fsp3) is 1.00. The van der Waals surface area contributed by atoms with Gasteiger partial charge in [0.15, 0.2) is 0 Å². The van der Waals surface area contributed by atoms with Crippen LogP contribution in [-0.2, 0) is 9.47 Å². The monoisotopic (exact) mass is 258 g/mol. The molecule has 3 unspecified atom stereocenters. The number of nitrogens with one attached hydrogen (secondary N) is 1. The highest BCUT2D eigenvalue weighted by atomic mass is 16.5. The van der Waals surface area contributed by atoms with Gasteiger partial charge in [0, 0.05) is 32.3 Å². The van der Waals surface area contributed by atoms with E-state index in [2.05, 4.69) is 44.8 Å². The zero-order chi connectivity index (χ0) is 13.8. The van der Waals surface area contributed by atoms with Gasteiger partial charge < -0.3 is 14.8 Å². The Morgan fingerprint density at radius 1 is 1.44 bits per heavy atom. The van der Waals surface area contributed by atoms with Gasteiger partial charge in [0.2, 0.25) is 0 Å². The summed E-state index contributed by atoms with van der Waals surface area (Å²) in [6, 6.07) is 0.815. The zero-order valence-electron chi connectivity index (χ0n) is 12.8. The average Bonchev–Trinajstić information content (AvgIpc) is 2.33. The molecule has 0 amide bonds. The minimum Gasteiger partial charge on any atom is -0.377 e. The summed E-state index contributed by atoms with van der Waals surface area (Å²) in [5.74, 6) is 0. The van der Waals surface area contributed by atoms with E-state index in [0.717, 1.165) is 26.2 Å². The van der Waals surface area contributed by atoms with E-state index in [4.69, 9.17) is 9.47 Å². The van der Waals surface area contributed by atoms with Crippen LogP contribution in [0.25, 0.3) is 0 Å². The molecule has 1 heterocycles. The number of rotatable bonds is 6. The summed E-state index contributed by atoms with van der Waals surface area (Å²) >= 11 is 0. The van der Waals surface area contributed by atoms with E-state index in [9.17, 15) is 0 Å². The van der Waals surface area contributed by atoms with Crippen molar-refractivity contribution in [2.75, 3.05) is 33.4 Å². The molecule has 0 spiro atoms. The summed E-state index contributed by atoms with van der Waals surface area (Å²) in [4.78, 5) is 2.50. The zero-order valence-corrected chi connectivity index (χ0v) is 12.8. The number of methoxy groups -OCH3 is 1. The average molecular weight is 258 g/mol. The van der Waals surface area contributed by atoms with Crippen molar-refractivity contribution < 1.29 is 9.47 Å². The Bertz CT molecular complexity index is 246. The van der Waals surface area contributed by atoms with E-state index in [0.29, 0.717) is 18.2 Å². The highest BCUT2D eigenvalue weighted by Crippen LogP contribution is 2.18. The number of nitrogens with zero attached hydrogens (tertiary/aromatic N) is 1. The number of morpholine rings is 1. The van der Waals surface area contributed by atoms with Gasteiger partial charge in [-0.25, -0.2) is 0 Å². The first-order valence-corrected chi connectivity index (χ1v) is 7.04. The third-order valence-electron chi connectivity index (χ3n) is 3.97. The van der Waals surface area contributed by atoms with Crippen LogP contribution in [0.15, 0.2) is 0 Å². The molecular weight excluding hydrogens is 228 g/mol. The molecular formula is C14H30N2O2. The van der Waals surface area contributed by atoms with Gasteiger partial charge in [-0.05, 0) is 34.2 Å². The molecule has 1 saturated heterocycles. The molecule has 0 aromatic heterocycles. The van der Waals surface area contributed by atoms with E-state index in [1.165, 1.54) is 0 Å². The summed E-state index contributed by atoms with van der Waals surface area (Å²) < 4.78 is 11.3. The maximum atomic E-state index is 5.68. The Hall–Kier alpha value is -0.160. The van der Waals surface area contributed by atoms with Gasteiger partial charge in [-0.1, -0.05) is 6.92 Å². The van der Waals surface area contributed by atoms with Gasteiger partial charge in [0.05, 0.1) is 18.3 Å². The van der Waals surface area contributed by atoms with Crippen LogP contribution in [0.1, 0.15) is 34.6 Å². The third kappa shape index (κ3) is 4.19. The van der Waals surface area contributed by atoms with Crippen molar-refractivity contribution in [1.82, 2.24) is 10.2 Å². The lowest BCUT2D eigenvalue weighted by Crippen LogP contribution is -2.58. The fourth-order valence-electron chi connectivity index (χ4n) is 2.38. The molecule has 1 aliphatic heterocycles. The van der Waals surface area contributed by atoms with Gasteiger partial charge in [0.25, 0.3) is 0 Å². The Balaban J connectivity index is 2.64. The van der Waals surface area contributed by atoms with E-state index in [1.54, 1.807) is 7.11 Å². The molecule has 1 fully saturated rings. The highest BCUT2D eigenvalue weighted by molar-refractivity contribution is 4.90. The summed E-state index contributed by atoms with van der Waals surface area (Å²) in [6.07, 6.45) is 0.328. The van der Waals surface area contributed by atoms with E-state index < -0.39 is 0 Å². The van der Waals surface area contributed by atoms with Gasteiger partial charge >= 0.3 is 0 Å². The van der Waals surface area contributed by atoms with Crippen LogP contribution in [0.5, 0.6) is 0 Å². The Labute approximate surface area is 112 Å². The topological polar surface area (TPSA) is 33.7 Å². The third-order valence-corrected chi connectivity index (χ3v) is 3.97. The van der Waals surface area contributed by atoms with Gasteiger partial charge in [-0.15, -0.1) is 0 Å². The standard InChI is InChI=1S/C14H30N2O2/c1-7-15-13(14(4,5)17-6)9-16-8-12(3)18-10-11(16)2/h11-13,15H,7-10H2,1-6H3. The molecule has 4 heteroatoms. The van der Waals surface area contributed by atoms with Crippen LogP contribution in [0.3, 0.4) is 0 Å². The van der Waals surface area contributed by atoms with Crippen LogP contribution in [0, 0.1) is 0 Å². The van der Waals surface area contributed by atoms with Crippen molar-refractivity contribution >= 4 is 0 Å². The van der Waals surface area contributed by atoms with Crippen LogP contribution < -0.4 is 5.32 Å². The molecule has 1 rings (SSSR count). The first-order valence-electron chi connectivity index (χ1n) is 7.04. The van der Waals surface area contributed by atoms with Crippen molar-refractivity contribution in [1.29, 1.82) is 0 Å². The predicted octanol–water partition coefficient (Wildman–Crippen LogP) is 1.50. The Morgan fingerprint density at radius 2 is 2.11 bits per heavy atom. The van der Waals surface area contributed by atoms with Gasteiger partial charge in [0.1, 0.15) is 0 Å². The SMILES string of the molecule is CCNC(CN1CC(C)OCC1C)C(C)(C)OC. The number of hydrogen-bond donors (Lipinski definition) is 1. The molecule has 1 aliphatic rings. The number of hydrogen-bond acceptors (Lipinski definition) is 4. The van der Waals surface area contributed by atoms with Crippen LogP contribution in [-0.4, -0.2) is 62.0 Å². The number of likely N-dealkylation sites (N-methyl/N-ethyl adjacent to an activating group) is 1. The van der Waals surface area contributed by atoms with Crippen molar-refractivity contribution in [2.45, 2.75) is 58.4 Å². The predicted molar refractivity (Wildman–Crippen MR) is 75.0 cm³/mol. The van der Waals surface area contributed by atoms with E-state index in [1.807, 2.05) is 0 Å². The Kier molecular flexibility index (Phi) is 6.05. The molecule has 1 N–H and O–H groups in total. The van der Waals surface area contributed by atoms with Crippen LogP contribution in [0.4, 0.5) is 0 Å². The summed E-state index contributed by atoms with van der Waals surface area (Å²) in [5, 5.41) is 3.55. The van der Waals surface area contributed by atoms with Crippen LogP contribution >= 0.6 is 0 Å². The molecule has 0 bridgehead atoms. The Morgan fingerprint density at radius 3 is 2.67 bits per heavy atom. The molecule has 0 saturated carbocycles. The smallest absolute Gasteiger partial charge is 0.0787 e. The van der Waals surface area contributed by atoms with Crippen molar-refractivity contribution in [3.8, 4) is 0 Å². The first kappa shape index (κ1) is 15.9. The van der Waals surface area contributed by atoms with Gasteiger partial charge in [-0.3, -0.25) is 4.90 Å². The summed E-state index contributed by atoms with van der Waals surface area (Å²) in [6.45, 7) is 14.6. The molecule has 0 aliphatic carbocycles.